The maximum absolute atomic E-state index is 12.5. The van der Waals surface area contributed by atoms with Crippen LogP contribution in [0.4, 0.5) is 34.1 Å². The van der Waals surface area contributed by atoms with Crippen molar-refractivity contribution in [2.24, 2.45) is 0 Å². The molecule has 0 fully saturated rings. The summed E-state index contributed by atoms with van der Waals surface area (Å²) in [6.45, 7) is 0. The van der Waals surface area contributed by atoms with Crippen molar-refractivity contribution in [3.05, 3.63) is 181 Å². The Labute approximate surface area is 258 Å². The Morgan fingerprint density at radius 2 is 0.591 bits per heavy atom. The van der Waals surface area contributed by atoms with Gasteiger partial charge in [0.25, 0.3) is 5.78 Å². The summed E-state index contributed by atoms with van der Waals surface area (Å²) in [6.07, 6.45) is 0. The molecule has 3 nitrogen and oxygen atoms in total. The molecule has 0 saturated heterocycles. The average Bonchev–Trinajstić information content (AvgIpc) is 3.10. The van der Waals surface area contributed by atoms with Gasteiger partial charge >= 0.3 is 0 Å². The van der Waals surface area contributed by atoms with Gasteiger partial charge in [-0.3, -0.25) is 4.79 Å². The summed E-state index contributed by atoms with van der Waals surface area (Å²) in [5.41, 5.74) is 7.73. The van der Waals surface area contributed by atoms with Crippen LogP contribution in [0.25, 0.3) is 0 Å². The molecule has 6 aromatic carbocycles. The molecule has 6 aromatic rings. The second-order valence-electron chi connectivity index (χ2n) is 9.94. The van der Waals surface area contributed by atoms with Gasteiger partial charge < -0.3 is 9.80 Å². The van der Waals surface area contributed by atoms with Crippen LogP contribution in [-0.4, -0.2) is 5.78 Å². The summed E-state index contributed by atoms with van der Waals surface area (Å²) in [6, 6.07) is 56.6. The lowest BCUT2D eigenvalue weighted by Crippen LogP contribution is -2.09. The number of Topliss-reactive ketones (excluding diaryl/α,β-unsaturated/α-hetero) is 1. The lowest BCUT2D eigenvalue weighted by molar-refractivity contribution is -0.108. The molecule has 0 aromatic heterocycles. The third kappa shape index (κ3) is 6.77. The second-order valence-corrected chi connectivity index (χ2v) is 9.94. The zero-order valence-corrected chi connectivity index (χ0v) is 24.0. The van der Waals surface area contributed by atoms with Crippen molar-refractivity contribution in [3.63, 3.8) is 0 Å². The van der Waals surface area contributed by atoms with E-state index in [1.807, 2.05) is 121 Å². The first-order valence-electron chi connectivity index (χ1n) is 14.3. The molecule has 0 radical (unpaired) electrons. The number of carbonyl (C=O) groups is 1. The first-order valence-corrected chi connectivity index (χ1v) is 14.3. The van der Waals surface area contributed by atoms with E-state index in [2.05, 4.69) is 82.0 Å². The van der Waals surface area contributed by atoms with Crippen LogP contribution in [0.2, 0.25) is 0 Å². The van der Waals surface area contributed by atoms with Gasteiger partial charge in [-0.1, -0.05) is 84.6 Å². The first-order chi connectivity index (χ1) is 21.7. The molecule has 0 saturated carbocycles. The Morgan fingerprint density at radius 3 is 0.864 bits per heavy atom. The highest BCUT2D eigenvalue weighted by molar-refractivity contribution is 6.09. The van der Waals surface area contributed by atoms with Crippen molar-refractivity contribution < 1.29 is 4.79 Å². The molecule has 6 rings (SSSR count). The molecule has 44 heavy (non-hydrogen) atoms. The van der Waals surface area contributed by atoms with Gasteiger partial charge in [-0.25, -0.2) is 0 Å². The van der Waals surface area contributed by atoms with Gasteiger partial charge in [-0.05, 0) is 109 Å². The standard InChI is InChI=1S/C41H28N2O/c44-41(31-25-33-21-27-39(28-22-33)42(35-13-5-1-6-14-35)36-15-7-2-8-16-36)32-26-34-23-29-40(30-24-34)43(37-17-9-3-10-18-37)38-19-11-4-12-20-38/h1-24,27-30H. The van der Waals surface area contributed by atoms with Crippen LogP contribution in [0.5, 0.6) is 0 Å². The van der Waals surface area contributed by atoms with E-state index in [1.54, 1.807) is 0 Å². The van der Waals surface area contributed by atoms with E-state index in [9.17, 15) is 4.79 Å². The Hall–Kier alpha value is -6.29. The summed E-state index contributed by atoms with van der Waals surface area (Å²) in [4.78, 5) is 16.9. The van der Waals surface area contributed by atoms with Crippen LogP contribution in [-0.2, 0) is 4.79 Å². The highest BCUT2D eigenvalue weighted by Crippen LogP contribution is 2.35. The summed E-state index contributed by atoms with van der Waals surface area (Å²) in [7, 11) is 0. The van der Waals surface area contributed by atoms with Gasteiger partial charge in [0.15, 0.2) is 0 Å². The normalized spacial score (nSPS) is 10.0. The minimum absolute atomic E-state index is 0.427. The smallest absolute Gasteiger partial charge is 0.279 e. The van der Waals surface area contributed by atoms with Gasteiger partial charge in [0.2, 0.25) is 0 Å². The van der Waals surface area contributed by atoms with Gasteiger partial charge in [-0.2, -0.15) is 0 Å². The number of carbonyl (C=O) groups excluding carboxylic acids is 1. The minimum atomic E-state index is -0.427. The maximum Gasteiger partial charge on any atom is 0.279 e. The lowest BCUT2D eigenvalue weighted by Gasteiger charge is -2.25. The van der Waals surface area contributed by atoms with Crippen molar-refractivity contribution in [3.8, 4) is 23.7 Å². The largest absolute Gasteiger partial charge is 0.311 e. The van der Waals surface area contributed by atoms with E-state index in [4.69, 9.17) is 0 Å². The van der Waals surface area contributed by atoms with Crippen LogP contribution < -0.4 is 9.80 Å². The molecule has 0 amide bonds. The van der Waals surface area contributed by atoms with E-state index in [0.29, 0.717) is 0 Å². The lowest BCUT2D eigenvalue weighted by atomic mass is 10.1. The summed E-state index contributed by atoms with van der Waals surface area (Å²) >= 11 is 0. The number of nitrogens with zero attached hydrogens (tertiary/aromatic N) is 2. The first kappa shape index (κ1) is 27.9. The predicted molar refractivity (Wildman–Crippen MR) is 181 cm³/mol. The van der Waals surface area contributed by atoms with Gasteiger partial charge in [-0.15, -0.1) is 0 Å². The SMILES string of the molecule is O=C(C#Cc1ccc(N(c2ccccc2)c2ccccc2)cc1)C#Cc1ccc(N(c2ccccc2)c2ccccc2)cc1. The fourth-order valence-corrected chi connectivity index (χ4v) is 4.88. The summed E-state index contributed by atoms with van der Waals surface area (Å²) < 4.78 is 0. The molecule has 0 unspecified atom stereocenters. The highest BCUT2D eigenvalue weighted by Gasteiger charge is 2.12. The molecule has 208 valence electrons. The Balaban J connectivity index is 1.16. The average molecular weight is 565 g/mol. The number of rotatable bonds is 6. The van der Waals surface area contributed by atoms with Crippen molar-refractivity contribution in [1.29, 1.82) is 0 Å². The fourth-order valence-electron chi connectivity index (χ4n) is 4.88. The Kier molecular flexibility index (Phi) is 8.60. The van der Waals surface area contributed by atoms with Crippen LogP contribution in [0.15, 0.2) is 170 Å². The van der Waals surface area contributed by atoms with Crippen molar-refractivity contribution in [1.82, 2.24) is 0 Å². The predicted octanol–water partition coefficient (Wildman–Crippen LogP) is 9.60. The molecule has 0 aliphatic heterocycles. The van der Waals surface area contributed by atoms with Crippen LogP contribution in [0.3, 0.4) is 0 Å². The van der Waals surface area contributed by atoms with E-state index < -0.39 is 5.78 Å². The number of para-hydroxylation sites is 4. The van der Waals surface area contributed by atoms with E-state index in [0.717, 1.165) is 45.3 Å². The molecule has 0 bridgehead atoms. The molecular weight excluding hydrogens is 536 g/mol. The van der Waals surface area contributed by atoms with E-state index in [1.165, 1.54) is 0 Å². The van der Waals surface area contributed by atoms with E-state index in [-0.39, 0.29) is 0 Å². The van der Waals surface area contributed by atoms with Crippen molar-refractivity contribution >= 4 is 39.9 Å². The van der Waals surface area contributed by atoms with Crippen molar-refractivity contribution in [2.75, 3.05) is 9.80 Å². The molecule has 0 aliphatic rings. The third-order valence-corrected chi connectivity index (χ3v) is 6.95. The summed E-state index contributed by atoms with van der Waals surface area (Å²) in [5.74, 6) is 10.8. The highest BCUT2D eigenvalue weighted by atomic mass is 16.1. The minimum Gasteiger partial charge on any atom is -0.311 e. The second kappa shape index (κ2) is 13.6. The van der Waals surface area contributed by atoms with Crippen molar-refractivity contribution in [2.45, 2.75) is 0 Å². The quantitative estimate of drug-likeness (QED) is 0.188. The Morgan fingerprint density at radius 1 is 0.341 bits per heavy atom. The molecule has 0 atom stereocenters. The number of anilines is 6. The number of hydrogen-bond acceptors (Lipinski definition) is 3. The molecule has 3 heteroatoms. The zero-order valence-electron chi connectivity index (χ0n) is 24.0. The number of benzene rings is 6. The van der Waals surface area contributed by atoms with Gasteiger partial charge in [0.1, 0.15) is 0 Å². The maximum atomic E-state index is 12.5. The van der Waals surface area contributed by atoms with E-state index >= 15 is 0 Å². The topological polar surface area (TPSA) is 23.6 Å². The fraction of sp³-hybridized carbons (Fsp3) is 0. The van der Waals surface area contributed by atoms with Crippen LogP contribution >= 0.6 is 0 Å². The van der Waals surface area contributed by atoms with Crippen LogP contribution in [0.1, 0.15) is 11.1 Å². The monoisotopic (exact) mass is 564 g/mol. The molecule has 0 N–H and O–H groups in total. The molecule has 0 heterocycles. The molecular formula is C41H28N2O. The van der Waals surface area contributed by atoms with Gasteiger partial charge in [0.05, 0.1) is 0 Å². The molecule has 0 spiro atoms. The Bertz CT molecular complexity index is 1720. The molecule has 0 aliphatic carbocycles. The zero-order chi connectivity index (χ0) is 30.0. The third-order valence-electron chi connectivity index (χ3n) is 6.95. The summed E-state index contributed by atoms with van der Waals surface area (Å²) in [5, 5.41) is 0. The number of hydrogen-bond donors (Lipinski definition) is 0. The van der Waals surface area contributed by atoms with Gasteiger partial charge in [0, 0.05) is 45.3 Å². The van der Waals surface area contributed by atoms with Crippen LogP contribution in [0, 0.1) is 23.7 Å². The number of ketones is 1.